The van der Waals surface area contributed by atoms with E-state index in [9.17, 15) is 4.79 Å². The van der Waals surface area contributed by atoms with Crippen molar-refractivity contribution in [2.45, 2.75) is 83.2 Å². The van der Waals surface area contributed by atoms with Crippen molar-refractivity contribution in [3.8, 4) is 0 Å². The number of carbonyl (C=O) groups excluding carboxylic acids is 1. The third-order valence-electron chi connectivity index (χ3n) is 5.68. The molecular weight excluding hydrogens is 360 g/mol. The Balaban J connectivity index is 1.61. The molecule has 1 amide bonds. The van der Waals surface area contributed by atoms with Crippen LogP contribution in [0.4, 0.5) is 0 Å². The van der Waals surface area contributed by atoms with Crippen LogP contribution in [-0.2, 0) is 4.79 Å². The summed E-state index contributed by atoms with van der Waals surface area (Å²) in [7, 11) is 0. The van der Waals surface area contributed by atoms with Crippen LogP contribution in [0.5, 0.6) is 0 Å². The predicted octanol–water partition coefficient (Wildman–Crippen LogP) is 5.99. The van der Waals surface area contributed by atoms with E-state index < -0.39 is 0 Å². The van der Waals surface area contributed by atoms with Gasteiger partial charge in [-0.1, -0.05) is 38.5 Å². The first-order chi connectivity index (χ1) is 12.7. The van der Waals surface area contributed by atoms with Crippen LogP contribution in [0, 0.1) is 6.92 Å². The Labute approximate surface area is 165 Å². The summed E-state index contributed by atoms with van der Waals surface area (Å²) in [5.74, 6) is 0.183. The number of hydrogen-bond acceptors (Lipinski definition) is 4. The largest absolute Gasteiger partial charge is 0.284 e. The van der Waals surface area contributed by atoms with E-state index in [4.69, 9.17) is 4.99 Å². The monoisotopic (exact) mass is 388 g/mol. The van der Waals surface area contributed by atoms with Gasteiger partial charge >= 0.3 is 0 Å². The van der Waals surface area contributed by atoms with E-state index in [1.54, 1.807) is 23.1 Å². The number of amides is 1. The predicted molar refractivity (Wildman–Crippen MR) is 113 cm³/mol. The standard InChI is InChI=1S/C21H28N2OS2/c1-15-12-13-18(25-15)14-19-20(24)23(17-10-6-3-7-11-17)21(26-19)22-16-8-4-2-5-9-16/h12-14,16-17H,2-11H2,1H3. The van der Waals surface area contributed by atoms with Gasteiger partial charge in [-0.15, -0.1) is 11.3 Å². The average molecular weight is 389 g/mol. The SMILES string of the molecule is Cc1ccc(C=C2SC(=NC3CCCCC3)N(C3CCCCC3)C2=O)s1. The van der Waals surface area contributed by atoms with Gasteiger partial charge in [0.1, 0.15) is 0 Å². The van der Waals surface area contributed by atoms with Gasteiger partial charge in [-0.2, -0.15) is 0 Å². The zero-order valence-corrected chi connectivity index (χ0v) is 17.2. The molecule has 140 valence electrons. The summed E-state index contributed by atoms with van der Waals surface area (Å²) in [6.45, 7) is 2.11. The molecule has 5 heteroatoms. The zero-order valence-electron chi connectivity index (χ0n) is 15.6. The van der Waals surface area contributed by atoms with E-state index in [0.29, 0.717) is 12.1 Å². The van der Waals surface area contributed by atoms with Crippen LogP contribution in [0.1, 0.15) is 74.0 Å². The number of rotatable bonds is 3. The van der Waals surface area contributed by atoms with Gasteiger partial charge in [-0.05, 0) is 62.6 Å². The number of thiophene rings is 1. The molecule has 0 radical (unpaired) electrons. The van der Waals surface area contributed by atoms with E-state index in [1.165, 1.54) is 61.1 Å². The topological polar surface area (TPSA) is 32.7 Å². The van der Waals surface area contributed by atoms with Gasteiger partial charge in [-0.25, -0.2) is 0 Å². The second kappa shape index (κ2) is 8.30. The third kappa shape index (κ3) is 4.09. The van der Waals surface area contributed by atoms with Crippen molar-refractivity contribution in [3.63, 3.8) is 0 Å². The molecule has 3 fully saturated rings. The maximum atomic E-state index is 13.2. The van der Waals surface area contributed by atoms with Crippen molar-refractivity contribution < 1.29 is 4.79 Å². The highest BCUT2D eigenvalue weighted by Crippen LogP contribution is 2.39. The molecule has 2 saturated carbocycles. The highest BCUT2D eigenvalue weighted by molar-refractivity contribution is 8.18. The minimum Gasteiger partial charge on any atom is -0.284 e. The van der Waals surface area contributed by atoms with Gasteiger partial charge in [0.05, 0.1) is 10.9 Å². The minimum atomic E-state index is 0.183. The molecule has 1 aromatic rings. The number of hydrogen-bond donors (Lipinski definition) is 0. The van der Waals surface area contributed by atoms with E-state index in [-0.39, 0.29) is 5.91 Å². The highest BCUT2D eigenvalue weighted by atomic mass is 32.2. The summed E-state index contributed by atoms with van der Waals surface area (Å²) in [5, 5.41) is 0.980. The van der Waals surface area contributed by atoms with E-state index >= 15 is 0 Å². The molecular formula is C21H28N2OS2. The molecule has 1 aliphatic heterocycles. The first-order valence-electron chi connectivity index (χ1n) is 10.1. The molecule has 1 aromatic heterocycles. The Hall–Kier alpha value is -1.07. The molecule has 0 bridgehead atoms. The fourth-order valence-electron chi connectivity index (χ4n) is 4.26. The summed E-state index contributed by atoms with van der Waals surface area (Å²) in [6, 6.07) is 5.00. The van der Waals surface area contributed by atoms with Crippen LogP contribution in [0.15, 0.2) is 22.0 Å². The zero-order chi connectivity index (χ0) is 17.9. The summed E-state index contributed by atoms with van der Waals surface area (Å²) in [4.78, 5) is 23.7. The number of carbonyl (C=O) groups is 1. The van der Waals surface area contributed by atoms with Crippen LogP contribution in [-0.4, -0.2) is 28.1 Å². The third-order valence-corrected chi connectivity index (χ3v) is 7.62. The fraction of sp³-hybridized carbons (Fsp3) is 0.619. The van der Waals surface area contributed by atoms with Gasteiger partial charge in [0.15, 0.2) is 5.17 Å². The lowest BCUT2D eigenvalue weighted by molar-refractivity contribution is -0.124. The fourth-order valence-corrected chi connectivity index (χ4v) is 6.26. The van der Waals surface area contributed by atoms with Gasteiger partial charge < -0.3 is 0 Å². The molecule has 1 saturated heterocycles. The van der Waals surface area contributed by atoms with Gasteiger partial charge in [0.25, 0.3) is 5.91 Å². The normalized spacial score (nSPS) is 26.3. The molecule has 3 aliphatic rings. The maximum absolute atomic E-state index is 13.2. The van der Waals surface area contributed by atoms with Crippen LogP contribution in [0.25, 0.3) is 6.08 Å². The number of aryl methyl sites for hydroxylation is 1. The first-order valence-corrected chi connectivity index (χ1v) is 11.7. The van der Waals surface area contributed by atoms with Crippen molar-refractivity contribution >= 4 is 40.2 Å². The van der Waals surface area contributed by atoms with Crippen LogP contribution >= 0.6 is 23.1 Å². The lowest BCUT2D eigenvalue weighted by Crippen LogP contribution is -2.41. The van der Waals surface area contributed by atoms with E-state index in [0.717, 1.165) is 22.9 Å². The Bertz CT molecular complexity index is 709. The summed E-state index contributed by atoms with van der Waals surface area (Å²) in [6.07, 6.45) is 14.4. The molecule has 0 spiro atoms. The van der Waals surface area contributed by atoms with Crippen LogP contribution in [0.2, 0.25) is 0 Å². The van der Waals surface area contributed by atoms with Crippen LogP contribution < -0.4 is 0 Å². The Morgan fingerprint density at radius 2 is 1.73 bits per heavy atom. The molecule has 0 unspecified atom stereocenters. The average Bonchev–Trinajstić information content (AvgIpc) is 3.20. The lowest BCUT2D eigenvalue weighted by atomic mass is 9.94. The molecule has 2 aliphatic carbocycles. The number of nitrogens with zero attached hydrogens (tertiary/aromatic N) is 2. The Morgan fingerprint density at radius 3 is 2.38 bits per heavy atom. The quantitative estimate of drug-likeness (QED) is 0.595. The molecule has 0 aromatic carbocycles. The number of aliphatic imine (C=N–C) groups is 1. The molecule has 26 heavy (non-hydrogen) atoms. The Morgan fingerprint density at radius 1 is 1.04 bits per heavy atom. The van der Waals surface area contributed by atoms with Crippen LogP contribution in [0.3, 0.4) is 0 Å². The first kappa shape index (κ1) is 18.3. The lowest BCUT2D eigenvalue weighted by Gasteiger charge is -2.31. The summed E-state index contributed by atoms with van der Waals surface area (Å²) >= 11 is 3.36. The summed E-state index contributed by atoms with van der Waals surface area (Å²) in [5.41, 5.74) is 0. The molecule has 2 heterocycles. The maximum Gasteiger partial charge on any atom is 0.267 e. The second-order valence-electron chi connectivity index (χ2n) is 7.73. The molecule has 0 N–H and O–H groups in total. The number of thioether (sulfide) groups is 1. The van der Waals surface area contributed by atoms with Gasteiger partial charge in [0.2, 0.25) is 0 Å². The molecule has 3 nitrogen and oxygen atoms in total. The van der Waals surface area contributed by atoms with E-state index in [2.05, 4.69) is 30.0 Å². The summed E-state index contributed by atoms with van der Waals surface area (Å²) < 4.78 is 0. The second-order valence-corrected chi connectivity index (χ2v) is 10.1. The Kier molecular flexibility index (Phi) is 5.84. The smallest absolute Gasteiger partial charge is 0.267 e. The highest BCUT2D eigenvalue weighted by Gasteiger charge is 2.39. The van der Waals surface area contributed by atoms with Crippen molar-refractivity contribution in [1.82, 2.24) is 4.90 Å². The van der Waals surface area contributed by atoms with Crippen molar-refractivity contribution in [2.75, 3.05) is 0 Å². The number of amidine groups is 1. The van der Waals surface area contributed by atoms with Gasteiger partial charge in [-0.3, -0.25) is 14.7 Å². The van der Waals surface area contributed by atoms with Crippen molar-refractivity contribution in [2.24, 2.45) is 4.99 Å². The van der Waals surface area contributed by atoms with Crippen molar-refractivity contribution in [3.05, 3.63) is 26.8 Å². The molecule has 4 rings (SSSR count). The minimum absolute atomic E-state index is 0.183. The van der Waals surface area contributed by atoms with Gasteiger partial charge in [0, 0.05) is 15.8 Å². The van der Waals surface area contributed by atoms with E-state index in [1.807, 2.05) is 0 Å². The molecule has 0 atom stereocenters. The van der Waals surface area contributed by atoms with Crippen molar-refractivity contribution in [1.29, 1.82) is 0 Å².